The predicted molar refractivity (Wildman–Crippen MR) is 83.9 cm³/mol. The summed E-state index contributed by atoms with van der Waals surface area (Å²) < 4.78 is 0. The van der Waals surface area contributed by atoms with Crippen LogP contribution in [0, 0.1) is 6.92 Å². The fraction of sp³-hybridized carbons (Fsp3) is 0.118. The van der Waals surface area contributed by atoms with Crippen LogP contribution in [-0.4, -0.2) is 22.3 Å². The molecule has 0 saturated heterocycles. The number of fused-ring (bicyclic) bond motifs is 1. The number of carboxylic acids is 1. The van der Waals surface area contributed by atoms with Gasteiger partial charge in [0.1, 0.15) is 5.65 Å². The first-order chi connectivity index (χ1) is 11.1. The SMILES string of the molecule is Cc1ccc(C(=O)[O-])cc1CN(C=O)c1cnc2[nH]ccc2c1.[Li+]. The number of carbonyl (C=O) groups is 2. The van der Waals surface area contributed by atoms with Gasteiger partial charge in [0.05, 0.1) is 24.4 Å². The molecule has 0 bridgehead atoms. The molecule has 0 unspecified atom stereocenters. The number of H-pyrrole nitrogens is 1. The molecule has 1 amide bonds. The number of aromatic carboxylic acids is 1. The molecule has 116 valence electrons. The van der Waals surface area contributed by atoms with Crippen LogP contribution in [-0.2, 0) is 11.3 Å². The van der Waals surface area contributed by atoms with Crippen LogP contribution in [0.3, 0.4) is 0 Å². The topological polar surface area (TPSA) is 89.1 Å². The molecule has 0 radical (unpaired) electrons. The second-order valence-corrected chi connectivity index (χ2v) is 5.27. The fourth-order valence-electron chi connectivity index (χ4n) is 2.43. The van der Waals surface area contributed by atoms with E-state index < -0.39 is 5.97 Å². The Kier molecular flexibility index (Phi) is 5.45. The summed E-state index contributed by atoms with van der Waals surface area (Å²) in [5.41, 5.74) is 3.13. The number of nitrogens with one attached hydrogen (secondary N) is 1. The van der Waals surface area contributed by atoms with Gasteiger partial charge in [-0.1, -0.05) is 12.1 Å². The van der Waals surface area contributed by atoms with E-state index in [1.165, 1.54) is 17.0 Å². The first-order valence-electron chi connectivity index (χ1n) is 7.04. The summed E-state index contributed by atoms with van der Waals surface area (Å²) in [5, 5.41) is 11.9. The third-order valence-electron chi connectivity index (χ3n) is 3.77. The molecule has 0 atom stereocenters. The number of amides is 1. The molecule has 2 aromatic heterocycles. The third-order valence-corrected chi connectivity index (χ3v) is 3.77. The number of rotatable bonds is 5. The maximum absolute atomic E-state index is 11.5. The Bertz CT molecular complexity index is 892. The number of hydrogen-bond donors (Lipinski definition) is 1. The van der Waals surface area contributed by atoms with Crippen molar-refractivity contribution in [3.05, 3.63) is 59.4 Å². The van der Waals surface area contributed by atoms with Crippen LogP contribution in [0.1, 0.15) is 21.5 Å². The van der Waals surface area contributed by atoms with E-state index in [0.29, 0.717) is 12.1 Å². The summed E-state index contributed by atoms with van der Waals surface area (Å²) in [6.07, 6.45) is 4.09. The zero-order valence-corrected chi connectivity index (χ0v) is 13.4. The van der Waals surface area contributed by atoms with Crippen molar-refractivity contribution >= 4 is 29.1 Å². The quantitative estimate of drug-likeness (QED) is 0.454. The van der Waals surface area contributed by atoms with Gasteiger partial charge in [0, 0.05) is 11.6 Å². The monoisotopic (exact) mass is 315 g/mol. The zero-order chi connectivity index (χ0) is 16.4. The minimum Gasteiger partial charge on any atom is -0.545 e. The molecule has 24 heavy (non-hydrogen) atoms. The van der Waals surface area contributed by atoms with Crippen LogP contribution in [0.4, 0.5) is 5.69 Å². The van der Waals surface area contributed by atoms with Gasteiger partial charge in [-0.15, -0.1) is 0 Å². The van der Waals surface area contributed by atoms with Crippen LogP contribution in [0.15, 0.2) is 42.7 Å². The van der Waals surface area contributed by atoms with E-state index >= 15 is 0 Å². The Labute approximate surface area is 150 Å². The number of aryl methyl sites for hydroxylation is 1. The minimum absolute atomic E-state index is 0. The van der Waals surface area contributed by atoms with Gasteiger partial charge in [-0.3, -0.25) is 4.79 Å². The molecule has 0 aliphatic rings. The first-order valence-corrected chi connectivity index (χ1v) is 7.04. The van der Waals surface area contributed by atoms with Gasteiger partial charge >= 0.3 is 18.9 Å². The minimum atomic E-state index is -1.24. The Morgan fingerprint density at radius 3 is 2.83 bits per heavy atom. The zero-order valence-electron chi connectivity index (χ0n) is 13.4. The van der Waals surface area contributed by atoms with Crippen molar-refractivity contribution in [2.45, 2.75) is 13.5 Å². The number of carboxylic acid groups (broad SMARTS) is 1. The maximum atomic E-state index is 11.5. The summed E-state index contributed by atoms with van der Waals surface area (Å²) in [5.74, 6) is -1.24. The van der Waals surface area contributed by atoms with Crippen molar-refractivity contribution in [1.29, 1.82) is 0 Å². The average molecular weight is 315 g/mol. The molecule has 7 heteroatoms. The number of benzene rings is 1. The molecular weight excluding hydrogens is 301 g/mol. The third kappa shape index (κ3) is 3.51. The van der Waals surface area contributed by atoms with Crippen LogP contribution < -0.4 is 28.9 Å². The van der Waals surface area contributed by atoms with Crippen molar-refractivity contribution in [3.63, 3.8) is 0 Å². The Morgan fingerprint density at radius 1 is 1.33 bits per heavy atom. The van der Waals surface area contributed by atoms with Crippen LogP contribution in [0.5, 0.6) is 0 Å². The summed E-state index contributed by atoms with van der Waals surface area (Å²) in [6, 6.07) is 8.45. The van der Waals surface area contributed by atoms with E-state index in [0.717, 1.165) is 22.2 Å². The fourth-order valence-corrected chi connectivity index (χ4v) is 2.43. The molecule has 0 aliphatic heterocycles. The van der Waals surface area contributed by atoms with Gasteiger partial charge in [-0.05, 0) is 41.8 Å². The number of nitrogens with zero attached hydrogens (tertiary/aromatic N) is 2. The van der Waals surface area contributed by atoms with Crippen LogP contribution in [0.25, 0.3) is 11.0 Å². The second kappa shape index (κ2) is 7.35. The van der Waals surface area contributed by atoms with Crippen molar-refractivity contribution < 1.29 is 33.6 Å². The van der Waals surface area contributed by atoms with E-state index in [1.54, 1.807) is 18.5 Å². The summed E-state index contributed by atoms with van der Waals surface area (Å²) >= 11 is 0. The molecular formula is C17H14LiN3O3. The number of pyridine rings is 1. The van der Waals surface area contributed by atoms with Gasteiger partial charge in [0.15, 0.2) is 0 Å². The Hall–Kier alpha value is -2.55. The van der Waals surface area contributed by atoms with E-state index in [1.807, 2.05) is 19.1 Å². The predicted octanol–water partition coefficient (Wildman–Crippen LogP) is -1.60. The van der Waals surface area contributed by atoms with Crippen LogP contribution in [0.2, 0.25) is 0 Å². The summed E-state index contributed by atoms with van der Waals surface area (Å²) in [7, 11) is 0. The largest absolute Gasteiger partial charge is 1.00 e. The summed E-state index contributed by atoms with van der Waals surface area (Å²) in [4.78, 5) is 31.2. The van der Waals surface area contributed by atoms with Crippen molar-refractivity contribution in [3.8, 4) is 0 Å². The van der Waals surface area contributed by atoms with E-state index in [-0.39, 0.29) is 31.0 Å². The number of aromatic nitrogens is 2. The molecule has 0 aliphatic carbocycles. The average Bonchev–Trinajstić information content (AvgIpc) is 3.01. The molecule has 1 N–H and O–H groups in total. The van der Waals surface area contributed by atoms with E-state index in [2.05, 4.69) is 9.97 Å². The van der Waals surface area contributed by atoms with E-state index in [4.69, 9.17) is 0 Å². The van der Waals surface area contributed by atoms with E-state index in [9.17, 15) is 14.7 Å². The summed E-state index contributed by atoms with van der Waals surface area (Å²) in [6.45, 7) is 2.12. The molecule has 3 rings (SSSR count). The Morgan fingerprint density at radius 2 is 2.12 bits per heavy atom. The molecule has 1 aromatic carbocycles. The van der Waals surface area contributed by atoms with Crippen LogP contribution >= 0.6 is 0 Å². The molecule has 0 fully saturated rings. The van der Waals surface area contributed by atoms with Crippen molar-refractivity contribution in [1.82, 2.24) is 9.97 Å². The number of carbonyl (C=O) groups excluding carboxylic acids is 2. The number of hydrogen-bond acceptors (Lipinski definition) is 4. The first kappa shape index (κ1) is 17.8. The van der Waals surface area contributed by atoms with Gasteiger partial charge in [-0.2, -0.15) is 0 Å². The van der Waals surface area contributed by atoms with Gasteiger partial charge < -0.3 is 19.8 Å². The maximum Gasteiger partial charge on any atom is 1.00 e. The molecule has 3 aromatic rings. The van der Waals surface area contributed by atoms with Gasteiger partial charge in [-0.25, -0.2) is 4.98 Å². The van der Waals surface area contributed by atoms with Gasteiger partial charge in [0.25, 0.3) is 0 Å². The van der Waals surface area contributed by atoms with Crippen molar-refractivity contribution in [2.75, 3.05) is 4.90 Å². The molecule has 0 saturated carbocycles. The smallest absolute Gasteiger partial charge is 0.545 e. The molecule has 2 heterocycles. The van der Waals surface area contributed by atoms with Gasteiger partial charge in [0.2, 0.25) is 6.41 Å². The second-order valence-electron chi connectivity index (χ2n) is 5.27. The molecule has 0 spiro atoms. The standard InChI is InChI=1S/C17H15N3O3.Li/c1-11-2-3-13(17(22)23)6-14(11)9-20(10-21)15-7-12-4-5-18-16(12)19-8-15;/h2-8,10H,9H2,1H3,(H,18,19)(H,22,23);/q;+1/p-1. The molecule has 6 nitrogen and oxygen atoms in total. The number of anilines is 1. The van der Waals surface area contributed by atoms with Crippen molar-refractivity contribution in [2.24, 2.45) is 0 Å². The number of aromatic amines is 1. The Balaban J connectivity index is 0.00000208. The normalized spacial score (nSPS) is 10.2.